The quantitative estimate of drug-likeness (QED) is 0.795. The average molecular weight is 283 g/mol. The van der Waals surface area contributed by atoms with Gasteiger partial charge in [0.25, 0.3) is 0 Å². The minimum absolute atomic E-state index is 0. The van der Waals surface area contributed by atoms with E-state index in [0.29, 0.717) is 12.0 Å². The van der Waals surface area contributed by atoms with Crippen molar-refractivity contribution in [1.29, 1.82) is 0 Å². The fraction of sp³-hybridized carbons (Fsp3) is 0.545. The molecule has 1 aromatic rings. The van der Waals surface area contributed by atoms with E-state index in [1.807, 2.05) is 0 Å². The van der Waals surface area contributed by atoms with Gasteiger partial charge in [0.05, 0.1) is 0 Å². The molecule has 18 heavy (non-hydrogen) atoms. The van der Waals surface area contributed by atoms with Gasteiger partial charge < -0.3 is 10.5 Å². The van der Waals surface area contributed by atoms with Crippen LogP contribution in [0.1, 0.15) is 37.6 Å². The third kappa shape index (κ3) is 2.87. The second kappa shape index (κ2) is 4.59. The maximum atomic E-state index is 12.5. The fourth-order valence-corrected chi connectivity index (χ4v) is 1.92. The summed E-state index contributed by atoms with van der Waals surface area (Å²) in [7, 11) is 0. The molecule has 7 heteroatoms. The minimum atomic E-state index is -4.47. The molecule has 0 aromatic carbocycles. The number of fused-ring (bicyclic) bond motifs is 1. The molecule has 2 heterocycles. The Hall–Kier alpha value is -1.01. The molecule has 1 aromatic heterocycles. The topological polar surface area (TPSA) is 48.1 Å². The van der Waals surface area contributed by atoms with Gasteiger partial charge in [0.15, 0.2) is 0 Å². The van der Waals surface area contributed by atoms with Crippen LogP contribution < -0.4 is 10.5 Å². The standard InChI is InChI=1S/C11H13F3N2O.ClH/c1-10(2)5-7(15)6-3-4-8(11(12,13)14)16-9(6)17-10;/h3-4,7H,5,15H2,1-2H3;1H/t7-;/m0./s1. The molecule has 0 aliphatic carbocycles. The number of nitrogens with zero attached hydrogens (tertiary/aromatic N) is 1. The fourth-order valence-electron chi connectivity index (χ4n) is 1.92. The molecule has 0 spiro atoms. The van der Waals surface area contributed by atoms with E-state index in [-0.39, 0.29) is 24.3 Å². The van der Waals surface area contributed by atoms with Crippen LogP contribution >= 0.6 is 12.4 Å². The van der Waals surface area contributed by atoms with Crippen LogP contribution in [0.5, 0.6) is 5.88 Å². The lowest BCUT2D eigenvalue weighted by Gasteiger charge is -2.35. The van der Waals surface area contributed by atoms with Crippen molar-refractivity contribution in [1.82, 2.24) is 4.98 Å². The first-order valence-electron chi connectivity index (χ1n) is 5.22. The van der Waals surface area contributed by atoms with Crippen molar-refractivity contribution >= 4 is 12.4 Å². The summed E-state index contributed by atoms with van der Waals surface area (Å²) in [5, 5.41) is 0. The highest BCUT2D eigenvalue weighted by Crippen LogP contribution is 2.39. The molecule has 1 aliphatic rings. The van der Waals surface area contributed by atoms with Gasteiger partial charge in [-0.05, 0) is 26.0 Å². The molecule has 0 radical (unpaired) electrons. The molecule has 0 fully saturated rings. The monoisotopic (exact) mass is 282 g/mol. The van der Waals surface area contributed by atoms with Gasteiger partial charge in [0.2, 0.25) is 5.88 Å². The van der Waals surface area contributed by atoms with E-state index in [2.05, 4.69) is 4.98 Å². The Balaban J connectivity index is 0.00000162. The number of halogens is 4. The lowest BCUT2D eigenvalue weighted by molar-refractivity contribution is -0.141. The van der Waals surface area contributed by atoms with Crippen molar-refractivity contribution in [2.45, 2.75) is 38.1 Å². The number of hydrogen-bond donors (Lipinski definition) is 1. The molecule has 1 aliphatic heterocycles. The van der Waals surface area contributed by atoms with Gasteiger partial charge in [0.1, 0.15) is 11.3 Å². The summed E-state index contributed by atoms with van der Waals surface area (Å²) in [5.41, 5.74) is 4.85. The highest BCUT2D eigenvalue weighted by Gasteiger charge is 2.37. The summed E-state index contributed by atoms with van der Waals surface area (Å²) in [6.45, 7) is 3.55. The van der Waals surface area contributed by atoms with Gasteiger partial charge in [-0.2, -0.15) is 13.2 Å². The van der Waals surface area contributed by atoms with Crippen LogP contribution in [0.15, 0.2) is 12.1 Å². The summed E-state index contributed by atoms with van der Waals surface area (Å²) in [6, 6.07) is 1.93. The summed E-state index contributed by atoms with van der Waals surface area (Å²) < 4.78 is 42.9. The maximum absolute atomic E-state index is 12.5. The third-order valence-electron chi connectivity index (χ3n) is 2.66. The van der Waals surface area contributed by atoms with Crippen molar-refractivity contribution in [2.75, 3.05) is 0 Å². The smallest absolute Gasteiger partial charge is 0.433 e. The number of rotatable bonds is 0. The number of nitrogens with two attached hydrogens (primary N) is 1. The molecule has 3 nitrogen and oxygen atoms in total. The third-order valence-corrected chi connectivity index (χ3v) is 2.66. The largest absolute Gasteiger partial charge is 0.471 e. The van der Waals surface area contributed by atoms with Crippen LogP contribution in [0.4, 0.5) is 13.2 Å². The first-order valence-corrected chi connectivity index (χ1v) is 5.22. The minimum Gasteiger partial charge on any atom is -0.471 e. The first kappa shape index (κ1) is 15.0. The molecule has 2 N–H and O–H groups in total. The van der Waals surface area contributed by atoms with Crippen molar-refractivity contribution in [3.8, 4) is 5.88 Å². The summed E-state index contributed by atoms with van der Waals surface area (Å²) in [5.74, 6) is -0.0106. The van der Waals surface area contributed by atoms with Crippen molar-refractivity contribution < 1.29 is 17.9 Å². The zero-order valence-electron chi connectivity index (χ0n) is 9.91. The van der Waals surface area contributed by atoms with E-state index in [9.17, 15) is 13.2 Å². The Morgan fingerprint density at radius 2 is 2.00 bits per heavy atom. The van der Waals surface area contributed by atoms with Crippen LogP contribution in [-0.2, 0) is 6.18 Å². The Morgan fingerprint density at radius 1 is 1.39 bits per heavy atom. The van der Waals surface area contributed by atoms with E-state index in [1.165, 1.54) is 6.07 Å². The van der Waals surface area contributed by atoms with E-state index in [1.54, 1.807) is 13.8 Å². The Kier molecular flexibility index (Phi) is 3.83. The number of alkyl halides is 3. The molecule has 0 unspecified atom stereocenters. The van der Waals surface area contributed by atoms with Crippen LogP contribution in [0.25, 0.3) is 0 Å². The van der Waals surface area contributed by atoms with Crippen molar-refractivity contribution in [3.05, 3.63) is 23.4 Å². The van der Waals surface area contributed by atoms with E-state index < -0.39 is 17.5 Å². The van der Waals surface area contributed by atoms with Gasteiger partial charge in [-0.3, -0.25) is 0 Å². The lowest BCUT2D eigenvalue weighted by Crippen LogP contribution is -2.38. The van der Waals surface area contributed by atoms with E-state index >= 15 is 0 Å². The zero-order valence-corrected chi connectivity index (χ0v) is 10.7. The van der Waals surface area contributed by atoms with Gasteiger partial charge in [-0.1, -0.05) is 0 Å². The normalized spacial score (nSPS) is 21.6. The predicted octanol–water partition coefficient (Wildman–Crippen LogP) is 3.08. The Morgan fingerprint density at radius 3 is 2.56 bits per heavy atom. The molecule has 0 bridgehead atoms. The predicted molar refractivity (Wildman–Crippen MR) is 62.7 cm³/mol. The first-order chi connectivity index (χ1) is 7.69. The maximum Gasteiger partial charge on any atom is 0.433 e. The number of pyridine rings is 1. The van der Waals surface area contributed by atoms with Crippen LogP contribution in [-0.4, -0.2) is 10.6 Å². The highest BCUT2D eigenvalue weighted by molar-refractivity contribution is 5.85. The van der Waals surface area contributed by atoms with Crippen LogP contribution in [0.3, 0.4) is 0 Å². The number of ether oxygens (including phenoxy) is 1. The zero-order chi connectivity index (χ0) is 12.8. The number of hydrogen-bond acceptors (Lipinski definition) is 3. The summed E-state index contributed by atoms with van der Waals surface area (Å²) in [4.78, 5) is 3.50. The SMILES string of the molecule is CC1(C)C[C@H](N)c2ccc(C(F)(F)F)nc2O1.Cl. The van der Waals surface area contributed by atoms with E-state index in [4.69, 9.17) is 10.5 Å². The molecule has 0 amide bonds. The van der Waals surface area contributed by atoms with Gasteiger partial charge in [0, 0.05) is 18.0 Å². The molecule has 0 saturated heterocycles. The van der Waals surface area contributed by atoms with Gasteiger partial charge >= 0.3 is 6.18 Å². The van der Waals surface area contributed by atoms with Gasteiger partial charge in [-0.25, -0.2) is 4.98 Å². The average Bonchev–Trinajstić information content (AvgIpc) is 2.13. The second-order valence-electron chi connectivity index (χ2n) is 4.76. The summed E-state index contributed by atoms with van der Waals surface area (Å²) in [6.07, 6.45) is -3.92. The van der Waals surface area contributed by atoms with Crippen molar-refractivity contribution in [3.63, 3.8) is 0 Å². The summed E-state index contributed by atoms with van der Waals surface area (Å²) >= 11 is 0. The second-order valence-corrected chi connectivity index (χ2v) is 4.76. The Labute approximate surface area is 109 Å². The molecule has 0 saturated carbocycles. The van der Waals surface area contributed by atoms with E-state index in [0.717, 1.165) is 6.07 Å². The number of aromatic nitrogens is 1. The molecular formula is C11H14ClF3N2O. The van der Waals surface area contributed by atoms with Crippen molar-refractivity contribution in [2.24, 2.45) is 5.73 Å². The molecule has 102 valence electrons. The van der Waals surface area contributed by atoms with Crippen LogP contribution in [0, 0.1) is 0 Å². The molecule has 2 rings (SSSR count). The van der Waals surface area contributed by atoms with Crippen LogP contribution in [0.2, 0.25) is 0 Å². The highest BCUT2D eigenvalue weighted by atomic mass is 35.5. The van der Waals surface area contributed by atoms with Gasteiger partial charge in [-0.15, -0.1) is 12.4 Å². The molecular weight excluding hydrogens is 269 g/mol. The molecule has 1 atom stereocenters. The Bertz CT molecular complexity index is 448. The lowest BCUT2D eigenvalue weighted by atomic mass is 9.92.